The fraction of sp³-hybridized carbons (Fsp3) is 0.846. The highest BCUT2D eigenvalue weighted by atomic mass is 16.3. The van der Waals surface area contributed by atoms with Crippen molar-refractivity contribution in [3.63, 3.8) is 0 Å². The van der Waals surface area contributed by atoms with Crippen molar-refractivity contribution in [2.75, 3.05) is 13.2 Å². The summed E-state index contributed by atoms with van der Waals surface area (Å²) in [5.74, 6) is 0.248. The Bertz CT molecular complexity index is 283. The maximum atomic E-state index is 11.9. The van der Waals surface area contributed by atoms with Crippen molar-refractivity contribution in [3.8, 4) is 0 Å². The summed E-state index contributed by atoms with van der Waals surface area (Å²) in [5, 5.41) is 9.55. The quantitative estimate of drug-likeness (QED) is 0.533. The van der Waals surface area contributed by atoms with Gasteiger partial charge in [0.15, 0.2) is 0 Å². The van der Waals surface area contributed by atoms with Crippen LogP contribution in [0.3, 0.4) is 0 Å². The highest BCUT2D eigenvalue weighted by Gasteiger charge is 2.21. The van der Waals surface area contributed by atoms with Gasteiger partial charge in [-0.1, -0.05) is 27.7 Å². The van der Waals surface area contributed by atoms with E-state index in [0.29, 0.717) is 18.8 Å². The summed E-state index contributed by atoms with van der Waals surface area (Å²) in [6.07, 6.45) is 1.01. The number of rotatable bonds is 9. The Labute approximate surface area is 111 Å². The molecule has 0 aliphatic rings. The van der Waals surface area contributed by atoms with Crippen LogP contribution < -0.4 is 10.6 Å². The Kier molecular flexibility index (Phi) is 7.41. The van der Waals surface area contributed by atoms with Crippen LogP contribution in [0.25, 0.3) is 0 Å². The molecule has 3 N–H and O–H groups in total. The predicted molar refractivity (Wildman–Crippen MR) is 70.9 cm³/mol. The van der Waals surface area contributed by atoms with Gasteiger partial charge in [0, 0.05) is 13.0 Å². The lowest BCUT2D eigenvalue weighted by Crippen LogP contribution is -2.48. The lowest BCUT2D eigenvalue weighted by Gasteiger charge is -2.20. The molecule has 0 aromatic carbocycles. The average molecular weight is 259 g/mol. The third-order valence-electron chi connectivity index (χ3n) is 2.35. The highest BCUT2D eigenvalue weighted by molar-refractivity contribution is 5.87. The molecule has 1 atom stereocenters. The number of aliphatic hydroxyl groups is 1. The maximum Gasteiger partial charge on any atom is 0.242 e. The van der Waals surface area contributed by atoms with E-state index in [1.165, 1.54) is 0 Å². The van der Waals surface area contributed by atoms with Crippen LogP contribution in [-0.4, -0.2) is 37.5 Å². The third-order valence-corrected chi connectivity index (χ3v) is 2.35. The molecule has 1 unspecified atom stereocenters. The van der Waals surface area contributed by atoms with Crippen molar-refractivity contribution >= 4 is 11.8 Å². The molecule has 0 bridgehead atoms. The molecule has 0 rings (SSSR count). The molecule has 5 heteroatoms. The minimum Gasteiger partial charge on any atom is -0.395 e. The van der Waals surface area contributed by atoms with Crippen molar-refractivity contribution in [2.45, 2.75) is 46.6 Å². The molecular formula is C13H26N2O3. The maximum absolute atomic E-state index is 11.9. The SMILES string of the molecule is [2H]OCCNC(=O)C(CC(C)C)NC(=O)CC(C)C. The van der Waals surface area contributed by atoms with Crippen molar-refractivity contribution < 1.29 is 14.7 Å². The zero-order valence-corrected chi connectivity index (χ0v) is 11.8. The van der Waals surface area contributed by atoms with Crippen LogP contribution in [0.15, 0.2) is 0 Å². The molecule has 5 nitrogen and oxygen atoms in total. The molecule has 0 saturated heterocycles. The number of amides is 2. The Balaban J connectivity index is 4.36. The van der Waals surface area contributed by atoms with Crippen molar-refractivity contribution in [1.82, 2.24) is 10.6 Å². The Morgan fingerprint density at radius 1 is 1.22 bits per heavy atom. The Morgan fingerprint density at radius 3 is 2.39 bits per heavy atom. The van der Waals surface area contributed by atoms with Gasteiger partial charge in [-0.05, 0) is 18.3 Å². The van der Waals surface area contributed by atoms with E-state index in [1.54, 1.807) is 0 Å². The standard InChI is InChI=1S/C13H26N2O3/c1-9(2)7-11(13(18)14-5-6-16)15-12(17)8-10(3)4/h9-11,16H,5-8H2,1-4H3,(H,14,18)(H,15,17)/i16D. The Hall–Kier alpha value is -1.10. The molecule has 0 aromatic heterocycles. The molecule has 0 heterocycles. The van der Waals surface area contributed by atoms with Gasteiger partial charge in [0.1, 0.15) is 6.04 Å². The van der Waals surface area contributed by atoms with E-state index in [2.05, 4.69) is 15.7 Å². The fourth-order valence-corrected chi connectivity index (χ4v) is 1.62. The van der Waals surface area contributed by atoms with Gasteiger partial charge in [-0.3, -0.25) is 9.59 Å². The molecule has 0 saturated carbocycles. The first-order valence-corrected chi connectivity index (χ1v) is 6.52. The first kappa shape index (κ1) is 15.0. The van der Waals surface area contributed by atoms with Crippen molar-refractivity contribution in [2.24, 2.45) is 11.8 Å². The summed E-state index contributed by atoms with van der Waals surface area (Å²) in [4.78, 5) is 23.7. The molecule has 0 fully saturated rings. The molecule has 18 heavy (non-hydrogen) atoms. The Morgan fingerprint density at radius 2 is 1.89 bits per heavy atom. The molecule has 0 aromatic rings. The van der Waals surface area contributed by atoms with Crippen LogP contribution in [-0.2, 0) is 9.59 Å². The number of nitrogens with one attached hydrogen (secondary N) is 2. The number of carbonyl (C=O) groups excluding carboxylic acids is 2. The lowest BCUT2D eigenvalue weighted by molar-refractivity contribution is -0.129. The summed E-state index contributed by atoms with van der Waals surface area (Å²) in [5.41, 5.74) is 0. The van der Waals surface area contributed by atoms with Gasteiger partial charge in [0.25, 0.3) is 0 Å². The summed E-state index contributed by atoms with van der Waals surface area (Å²) in [7, 11) is 0. The molecule has 2 amide bonds. The second-order valence-electron chi connectivity index (χ2n) is 5.34. The van der Waals surface area contributed by atoms with Gasteiger partial charge >= 0.3 is 0 Å². The summed E-state index contributed by atoms with van der Waals surface area (Å²) in [6, 6.07) is -0.517. The topological polar surface area (TPSA) is 78.4 Å². The van der Waals surface area contributed by atoms with E-state index in [0.717, 1.165) is 0 Å². The van der Waals surface area contributed by atoms with Crippen LogP contribution in [0.4, 0.5) is 0 Å². The minimum atomic E-state index is -0.517. The monoisotopic (exact) mass is 259 g/mol. The normalized spacial score (nSPS) is 13.3. The largest absolute Gasteiger partial charge is 0.395 e. The number of hydrogen-bond donors (Lipinski definition) is 3. The van der Waals surface area contributed by atoms with E-state index in [4.69, 9.17) is 1.43 Å². The van der Waals surface area contributed by atoms with Gasteiger partial charge in [-0.15, -0.1) is 0 Å². The van der Waals surface area contributed by atoms with Gasteiger partial charge < -0.3 is 15.7 Å². The molecular weight excluding hydrogens is 232 g/mol. The fourth-order valence-electron chi connectivity index (χ4n) is 1.62. The number of aliphatic hydroxyl groups excluding tert-OH is 1. The first-order valence-electron chi connectivity index (χ1n) is 6.92. The van der Waals surface area contributed by atoms with Gasteiger partial charge in [0.2, 0.25) is 13.2 Å². The highest BCUT2D eigenvalue weighted by Crippen LogP contribution is 2.06. The molecule has 0 spiro atoms. The molecule has 0 aliphatic carbocycles. The van der Waals surface area contributed by atoms with Crippen molar-refractivity contribution in [1.29, 1.82) is 1.43 Å². The van der Waals surface area contributed by atoms with Crippen LogP contribution in [0.5, 0.6) is 0 Å². The van der Waals surface area contributed by atoms with Gasteiger partial charge in [-0.25, -0.2) is 0 Å². The van der Waals surface area contributed by atoms with E-state index < -0.39 is 6.04 Å². The summed E-state index contributed by atoms with van der Waals surface area (Å²) >= 11 is 0. The molecule has 106 valence electrons. The lowest BCUT2D eigenvalue weighted by atomic mass is 10.0. The smallest absolute Gasteiger partial charge is 0.242 e. The number of hydrogen-bond acceptors (Lipinski definition) is 3. The van der Waals surface area contributed by atoms with Gasteiger partial charge in [0.05, 0.1) is 6.61 Å². The van der Waals surface area contributed by atoms with E-state index in [1.807, 2.05) is 27.7 Å². The molecule has 0 radical (unpaired) electrons. The van der Waals surface area contributed by atoms with Gasteiger partial charge in [-0.2, -0.15) is 0 Å². The predicted octanol–water partition coefficient (Wildman–Crippen LogP) is 0.672. The summed E-state index contributed by atoms with van der Waals surface area (Å²) in [6.45, 7) is 8.34. The first-order chi connectivity index (χ1) is 8.86. The van der Waals surface area contributed by atoms with E-state index in [-0.39, 0.29) is 30.9 Å². The van der Waals surface area contributed by atoms with Crippen LogP contribution in [0, 0.1) is 11.8 Å². The number of carbonyl (C=O) groups is 2. The van der Waals surface area contributed by atoms with Crippen LogP contribution in [0.1, 0.15) is 40.5 Å². The third kappa shape index (κ3) is 8.06. The van der Waals surface area contributed by atoms with Crippen LogP contribution in [0.2, 0.25) is 0 Å². The van der Waals surface area contributed by atoms with Crippen LogP contribution >= 0.6 is 0 Å². The summed E-state index contributed by atoms with van der Waals surface area (Å²) < 4.78 is 6.54. The zero-order chi connectivity index (χ0) is 14.8. The zero-order valence-electron chi connectivity index (χ0n) is 12.8. The molecule has 0 aliphatic heterocycles. The van der Waals surface area contributed by atoms with E-state index >= 15 is 0 Å². The minimum absolute atomic E-state index is 0.104. The average Bonchev–Trinajstić information content (AvgIpc) is 2.26. The van der Waals surface area contributed by atoms with E-state index in [9.17, 15) is 9.59 Å². The second kappa shape index (κ2) is 8.91. The second-order valence-corrected chi connectivity index (χ2v) is 5.34. The van der Waals surface area contributed by atoms with Crippen molar-refractivity contribution in [3.05, 3.63) is 0 Å².